The van der Waals surface area contributed by atoms with Crippen LogP contribution in [0, 0.1) is 13.8 Å². The molecule has 0 spiro atoms. The highest BCUT2D eigenvalue weighted by Crippen LogP contribution is 2.22. The van der Waals surface area contributed by atoms with Crippen LogP contribution in [0.4, 0.5) is 0 Å². The predicted molar refractivity (Wildman–Crippen MR) is 91.6 cm³/mol. The molecule has 0 aliphatic carbocycles. The number of benzene rings is 1. The second-order valence-corrected chi connectivity index (χ2v) is 7.02. The first kappa shape index (κ1) is 15.9. The largest absolute Gasteiger partial charge is 0.458 e. The standard InChI is InChI=1S/C16H15N3O2S2/c1-10-7-11(2)18-16(17-10)22-9-15(20)21-8-14-19-12-5-3-4-6-13(12)23-14/h3-7H,8-9H2,1-2H3. The zero-order chi connectivity index (χ0) is 16.2. The highest BCUT2D eigenvalue weighted by atomic mass is 32.2. The van der Waals surface area contributed by atoms with E-state index in [2.05, 4.69) is 15.0 Å². The van der Waals surface area contributed by atoms with Gasteiger partial charge in [0, 0.05) is 11.4 Å². The third-order valence-corrected chi connectivity index (χ3v) is 4.81. The molecule has 0 radical (unpaired) electrons. The normalized spacial score (nSPS) is 10.9. The van der Waals surface area contributed by atoms with E-state index < -0.39 is 0 Å². The van der Waals surface area contributed by atoms with Crippen molar-refractivity contribution in [3.8, 4) is 0 Å². The first-order chi connectivity index (χ1) is 11.1. The molecule has 0 saturated carbocycles. The van der Waals surface area contributed by atoms with E-state index in [4.69, 9.17) is 4.74 Å². The number of nitrogens with zero attached hydrogens (tertiary/aromatic N) is 3. The lowest BCUT2D eigenvalue weighted by Gasteiger charge is -2.03. The van der Waals surface area contributed by atoms with Gasteiger partial charge in [0.05, 0.1) is 16.0 Å². The minimum atomic E-state index is -0.294. The minimum Gasteiger partial charge on any atom is -0.458 e. The Hall–Kier alpha value is -1.99. The second kappa shape index (κ2) is 7.06. The molecule has 0 N–H and O–H groups in total. The van der Waals surface area contributed by atoms with Crippen molar-refractivity contribution in [2.24, 2.45) is 0 Å². The van der Waals surface area contributed by atoms with Gasteiger partial charge in [-0.3, -0.25) is 4.79 Å². The monoisotopic (exact) mass is 345 g/mol. The van der Waals surface area contributed by atoms with Crippen LogP contribution in [0.3, 0.4) is 0 Å². The van der Waals surface area contributed by atoms with E-state index in [1.807, 2.05) is 44.2 Å². The molecule has 23 heavy (non-hydrogen) atoms. The molecule has 2 aromatic heterocycles. The Bertz CT molecular complexity index is 795. The van der Waals surface area contributed by atoms with Gasteiger partial charge in [0.1, 0.15) is 11.6 Å². The highest BCUT2D eigenvalue weighted by Gasteiger charge is 2.09. The molecule has 0 aliphatic heterocycles. The molecule has 7 heteroatoms. The van der Waals surface area contributed by atoms with E-state index in [1.165, 1.54) is 23.1 Å². The summed E-state index contributed by atoms with van der Waals surface area (Å²) in [6.07, 6.45) is 0. The van der Waals surface area contributed by atoms with Crippen molar-refractivity contribution < 1.29 is 9.53 Å². The topological polar surface area (TPSA) is 65.0 Å². The lowest BCUT2D eigenvalue weighted by atomic mass is 10.3. The van der Waals surface area contributed by atoms with E-state index in [0.29, 0.717) is 5.16 Å². The lowest BCUT2D eigenvalue weighted by Crippen LogP contribution is -2.08. The summed E-state index contributed by atoms with van der Waals surface area (Å²) in [5, 5.41) is 1.40. The van der Waals surface area contributed by atoms with E-state index in [9.17, 15) is 4.79 Å². The van der Waals surface area contributed by atoms with Crippen LogP contribution in [0.5, 0.6) is 0 Å². The van der Waals surface area contributed by atoms with Crippen LogP contribution in [0.15, 0.2) is 35.5 Å². The van der Waals surface area contributed by atoms with Crippen LogP contribution in [-0.4, -0.2) is 26.7 Å². The maximum atomic E-state index is 11.9. The molecule has 5 nitrogen and oxygen atoms in total. The first-order valence-electron chi connectivity index (χ1n) is 7.05. The average molecular weight is 345 g/mol. The average Bonchev–Trinajstić information content (AvgIpc) is 2.93. The number of carbonyl (C=O) groups excluding carboxylic acids is 1. The molecule has 3 rings (SSSR count). The Morgan fingerprint density at radius 3 is 2.65 bits per heavy atom. The molecule has 3 aromatic rings. The highest BCUT2D eigenvalue weighted by molar-refractivity contribution is 7.99. The van der Waals surface area contributed by atoms with Gasteiger partial charge in [-0.05, 0) is 32.0 Å². The summed E-state index contributed by atoms with van der Waals surface area (Å²) in [4.78, 5) is 24.9. The summed E-state index contributed by atoms with van der Waals surface area (Å²) in [5.41, 5.74) is 2.72. The van der Waals surface area contributed by atoms with Gasteiger partial charge < -0.3 is 4.74 Å². The van der Waals surface area contributed by atoms with Gasteiger partial charge in [-0.15, -0.1) is 11.3 Å². The molecule has 2 heterocycles. The Balaban J connectivity index is 1.53. The van der Waals surface area contributed by atoms with Crippen LogP contribution >= 0.6 is 23.1 Å². The van der Waals surface area contributed by atoms with E-state index >= 15 is 0 Å². The molecule has 1 aromatic carbocycles. The third-order valence-electron chi connectivity index (χ3n) is 2.98. The molecule has 0 aliphatic rings. The van der Waals surface area contributed by atoms with Gasteiger partial charge in [-0.2, -0.15) is 0 Å². The van der Waals surface area contributed by atoms with E-state index in [-0.39, 0.29) is 18.3 Å². The maximum absolute atomic E-state index is 11.9. The van der Waals surface area contributed by atoms with Crippen molar-refractivity contribution in [1.82, 2.24) is 15.0 Å². The van der Waals surface area contributed by atoms with E-state index in [0.717, 1.165) is 26.6 Å². The summed E-state index contributed by atoms with van der Waals surface area (Å²) in [7, 11) is 0. The molecule has 0 bridgehead atoms. The third kappa shape index (κ3) is 4.27. The number of ether oxygens (including phenoxy) is 1. The van der Waals surface area contributed by atoms with Gasteiger partial charge in [0.15, 0.2) is 5.16 Å². The number of thiazole rings is 1. The van der Waals surface area contributed by atoms with Gasteiger partial charge in [-0.1, -0.05) is 23.9 Å². The Morgan fingerprint density at radius 2 is 1.91 bits per heavy atom. The fraction of sp³-hybridized carbons (Fsp3) is 0.250. The molecule has 0 fully saturated rings. The van der Waals surface area contributed by atoms with Crippen LogP contribution in [0.2, 0.25) is 0 Å². The minimum absolute atomic E-state index is 0.188. The number of para-hydroxylation sites is 1. The van der Waals surface area contributed by atoms with Gasteiger partial charge in [0.2, 0.25) is 0 Å². The Kier molecular flexibility index (Phi) is 4.88. The SMILES string of the molecule is Cc1cc(C)nc(SCC(=O)OCc2nc3ccccc3s2)n1. The first-order valence-corrected chi connectivity index (χ1v) is 8.85. The summed E-state index contributed by atoms with van der Waals surface area (Å²) >= 11 is 2.82. The van der Waals surface area contributed by atoms with Crippen molar-refractivity contribution in [2.75, 3.05) is 5.75 Å². The fourth-order valence-corrected chi connectivity index (χ4v) is 3.68. The number of fused-ring (bicyclic) bond motifs is 1. The smallest absolute Gasteiger partial charge is 0.316 e. The van der Waals surface area contributed by atoms with Crippen molar-refractivity contribution in [3.63, 3.8) is 0 Å². The van der Waals surface area contributed by atoms with Gasteiger partial charge in [0.25, 0.3) is 0 Å². The molecule has 0 atom stereocenters. The van der Waals surface area contributed by atoms with Crippen LogP contribution in [0.1, 0.15) is 16.4 Å². The number of thioether (sulfide) groups is 1. The van der Waals surface area contributed by atoms with Crippen LogP contribution in [-0.2, 0) is 16.1 Å². The zero-order valence-corrected chi connectivity index (χ0v) is 14.4. The van der Waals surface area contributed by atoms with Crippen molar-refractivity contribution in [2.45, 2.75) is 25.6 Å². The number of aromatic nitrogens is 3. The second-order valence-electron chi connectivity index (χ2n) is 4.96. The Labute approximate surface area is 142 Å². The molecule has 0 saturated heterocycles. The number of esters is 1. The molecule has 0 amide bonds. The van der Waals surface area contributed by atoms with Crippen molar-refractivity contribution >= 4 is 39.3 Å². The lowest BCUT2D eigenvalue weighted by molar-refractivity contribution is -0.141. The van der Waals surface area contributed by atoms with Crippen molar-refractivity contribution in [3.05, 3.63) is 46.7 Å². The summed E-state index contributed by atoms with van der Waals surface area (Å²) < 4.78 is 6.37. The number of aryl methyl sites for hydroxylation is 2. The predicted octanol–water partition coefficient (Wildman–Crippen LogP) is 3.54. The summed E-state index contributed by atoms with van der Waals surface area (Å²) in [6, 6.07) is 9.76. The number of hydrogen-bond acceptors (Lipinski definition) is 7. The fourth-order valence-electron chi connectivity index (χ4n) is 2.05. The quantitative estimate of drug-likeness (QED) is 0.400. The number of carbonyl (C=O) groups is 1. The van der Waals surface area contributed by atoms with Crippen LogP contribution < -0.4 is 0 Å². The number of rotatable bonds is 5. The Morgan fingerprint density at radius 1 is 1.17 bits per heavy atom. The van der Waals surface area contributed by atoms with Gasteiger partial charge in [-0.25, -0.2) is 15.0 Å². The van der Waals surface area contributed by atoms with Crippen molar-refractivity contribution in [1.29, 1.82) is 0 Å². The van der Waals surface area contributed by atoms with E-state index in [1.54, 1.807) is 0 Å². The summed E-state index contributed by atoms with van der Waals surface area (Å²) in [5.74, 6) is -0.106. The summed E-state index contributed by atoms with van der Waals surface area (Å²) in [6.45, 7) is 4.01. The molecular weight excluding hydrogens is 330 g/mol. The maximum Gasteiger partial charge on any atom is 0.316 e. The molecular formula is C16H15N3O2S2. The molecule has 0 unspecified atom stereocenters. The zero-order valence-electron chi connectivity index (χ0n) is 12.8. The van der Waals surface area contributed by atoms with Crippen LogP contribution in [0.25, 0.3) is 10.2 Å². The number of hydrogen-bond donors (Lipinski definition) is 0. The van der Waals surface area contributed by atoms with Gasteiger partial charge >= 0.3 is 5.97 Å². The molecule has 118 valence electrons.